The summed E-state index contributed by atoms with van der Waals surface area (Å²) in [6.07, 6.45) is 0. The van der Waals surface area contributed by atoms with Gasteiger partial charge >= 0.3 is 27.7 Å². The summed E-state index contributed by atoms with van der Waals surface area (Å²) in [5.41, 5.74) is 0. The molecule has 4 heteroatoms. The van der Waals surface area contributed by atoms with Crippen LogP contribution in [0.5, 0.6) is 0 Å². The molecule has 0 spiro atoms. The third-order valence-electron chi connectivity index (χ3n) is 0. The Morgan fingerprint density at radius 3 is 1.75 bits per heavy atom. The van der Waals surface area contributed by atoms with E-state index >= 15 is 0 Å². The second-order valence-electron chi connectivity index (χ2n) is 0.0745. The van der Waals surface area contributed by atoms with Gasteiger partial charge in [-0.1, -0.05) is 0 Å². The SMILES string of the molecule is O=N[O-].[Hg+]. The third kappa shape index (κ3) is 37.1. The standard InChI is InChI=1S/Hg.HNO2/c;2-1-3/h;(H,2,3)/q+1;/p-1. The molecule has 0 aliphatic carbocycles. The summed E-state index contributed by atoms with van der Waals surface area (Å²) in [6.45, 7) is 0. The van der Waals surface area contributed by atoms with Gasteiger partial charge in [0, 0.05) is 0 Å². The largest absolute Gasteiger partial charge is 1.00 e. The molecule has 0 N–H and O–H groups in total. The summed E-state index contributed by atoms with van der Waals surface area (Å²) in [4.78, 5) is 8.00. The Kier molecular flexibility index (Phi) is 22.6. The van der Waals surface area contributed by atoms with Crippen molar-refractivity contribution >= 4 is 0 Å². The van der Waals surface area contributed by atoms with E-state index in [1.165, 1.54) is 0 Å². The van der Waals surface area contributed by atoms with Crippen LogP contribution in [0, 0.1) is 10.1 Å². The van der Waals surface area contributed by atoms with Crippen LogP contribution in [0.3, 0.4) is 0 Å². The van der Waals surface area contributed by atoms with Gasteiger partial charge in [-0.05, 0) is 0 Å². The molecule has 0 amide bonds. The molecule has 4 heavy (non-hydrogen) atoms. The van der Waals surface area contributed by atoms with E-state index in [4.69, 9.17) is 10.1 Å². The van der Waals surface area contributed by atoms with Gasteiger partial charge in [-0.15, -0.1) is 5.34 Å². The van der Waals surface area contributed by atoms with E-state index in [2.05, 4.69) is 0 Å². The number of nitrogens with zero attached hydrogens (tertiary/aromatic N) is 1. The monoisotopic (exact) mass is 248 g/mol. The molecule has 0 aromatic rings. The van der Waals surface area contributed by atoms with E-state index in [0.29, 0.717) is 0 Å². The van der Waals surface area contributed by atoms with Crippen molar-refractivity contribution in [1.29, 1.82) is 0 Å². The van der Waals surface area contributed by atoms with Crippen LogP contribution < -0.4 is 0 Å². The molecule has 0 atom stereocenters. The maximum atomic E-state index is 8.00. The van der Waals surface area contributed by atoms with Crippen molar-refractivity contribution in [2.24, 2.45) is 5.34 Å². The molecule has 0 aliphatic heterocycles. The first-order valence-electron chi connectivity index (χ1n) is 0.365. The van der Waals surface area contributed by atoms with Gasteiger partial charge in [-0.25, -0.2) is 0 Å². The maximum absolute atomic E-state index is 8.00. The molecule has 0 aromatic carbocycles. The van der Waals surface area contributed by atoms with E-state index in [1.807, 2.05) is 0 Å². The topological polar surface area (TPSA) is 52.5 Å². The molecule has 0 aromatic heterocycles. The fourth-order valence-electron chi connectivity index (χ4n) is 0. The minimum atomic E-state index is 0. The Morgan fingerprint density at radius 2 is 1.75 bits per heavy atom. The van der Waals surface area contributed by atoms with E-state index in [9.17, 15) is 0 Å². The average molecular weight is 247 g/mol. The van der Waals surface area contributed by atoms with Crippen LogP contribution in [0.2, 0.25) is 0 Å². The zero-order chi connectivity index (χ0) is 2.71. The maximum Gasteiger partial charge on any atom is 1.00 e. The van der Waals surface area contributed by atoms with Crippen LogP contribution >= 0.6 is 0 Å². The van der Waals surface area contributed by atoms with Crippen molar-refractivity contribution in [2.45, 2.75) is 0 Å². The summed E-state index contributed by atoms with van der Waals surface area (Å²) in [5.74, 6) is 0. The van der Waals surface area contributed by atoms with E-state index in [0.717, 1.165) is 5.34 Å². The second-order valence-corrected chi connectivity index (χ2v) is 0.0745. The minimum absolute atomic E-state index is 0. The van der Waals surface area contributed by atoms with Crippen molar-refractivity contribution in [3.05, 3.63) is 10.1 Å². The van der Waals surface area contributed by atoms with Crippen LogP contribution in [0.4, 0.5) is 0 Å². The zero-order valence-electron chi connectivity index (χ0n) is 1.97. The van der Waals surface area contributed by atoms with Crippen LogP contribution in [-0.4, -0.2) is 0 Å². The van der Waals surface area contributed by atoms with Crippen LogP contribution in [-0.2, 0) is 27.7 Å². The summed E-state index contributed by atoms with van der Waals surface area (Å²) < 4.78 is 0. The van der Waals surface area contributed by atoms with Crippen molar-refractivity contribution in [2.75, 3.05) is 0 Å². The first-order valence-corrected chi connectivity index (χ1v) is 0.365. The smallest absolute Gasteiger partial charge is 0.444 e. The normalized spacial score (nSPS) is 3.00. The molecule has 0 fully saturated rings. The fraction of sp³-hybridized carbons (Fsp3) is 0. The van der Waals surface area contributed by atoms with E-state index in [1.54, 1.807) is 0 Å². The van der Waals surface area contributed by atoms with Gasteiger partial charge < -0.3 is 10.1 Å². The molecule has 0 saturated carbocycles. The predicted molar refractivity (Wildman–Crippen MR) is 9.16 cm³/mol. The summed E-state index contributed by atoms with van der Waals surface area (Å²) in [5, 5.41) is 9.00. The Morgan fingerprint density at radius 1 is 1.75 bits per heavy atom. The van der Waals surface area contributed by atoms with Gasteiger partial charge in [0.2, 0.25) is 0 Å². The van der Waals surface area contributed by atoms with Crippen LogP contribution in [0.25, 0.3) is 0 Å². The quantitative estimate of drug-likeness (QED) is 0.349. The Balaban J connectivity index is 0. The zero-order valence-corrected chi connectivity index (χ0v) is 7.47. The van der Waals surface area contributed by atoms with Crippen molar-refractivity contribution in [3.8, 4) is 0 Å². The Hall–Kier alpha value is 0.335. The molecule has 1 radical (unpaired) electrons. The molecule has 19 valence electrons. The summed E-state index contributed by atoms with van der Waals surface area (Å²) >= 11 is 0. The molecule has 3 nitrogen and oxygen atoms in total. The van der Waals surface area contributed by atoms with Gasteiger partial charge in [-0.3, -0.25) is 0 Å². The van der Waals surface area contributed by atoms with Gasteiger partial charge in [0.05, 0.1) is 0 Å². The average Bonchev–Trinajstić information content (AvgIpc) is 0.918. The van der Waals surface area contributed by atoms with Gasteiger partial charge in [0.15, 0.2) is 0 Å². The molecule has 0 saturated heterocycles. The molecule has 0 bridgehead atoms. The first-order chi connectivity index (χ1) is 1.41. The second kappa shape index (κ2) is 10.2. The number of hydrogen-bond donors (Lipinski definition) is 0. The van der Waals surface area contributed by atoms with Crippen molar-refractivity contribution in [3.63, 3.8) is 0 Å². The predicted octanol–water partition coefficient (Wildman–Crippen LogP) is 0.248. The first kappa shape index (κ1) is 8.84. The van der Waals surface area contributed by atoms with Gasteiger partial charge in [0.1, 0.15) is 0 Å². The number of rotatable bonds is 0. The van der Waals surface area contributed by atoms with Crippen LogP contribution in [0.15, 0.2) is 5.34 Å². The summed E-state index contributed by atoms with van der Waals surface area (Å²) in [7, 11) is 0. The molecule has 0 aliphatic rings. The Bertz CT molecular complexity index is 13.5. The molecule has 0 heterocycles. The number of hydrogen-bond acceptors (Lipinski definition) is 3. The van der Waals surface area contributed by atoms with Crippen molar-refractivity contribution in [1.82, 2.24) is 0 Å². The van der Waals surface area contributed by atoms with Gasteiger partial charge in [0.25, 0.3) is 0 Å². The molecular weight excluding hydrogens is 247 g/mol. The van der Waals surface area contributed by atoms with Crippen molar-refractivity contribution < 1.29 is 27.7 Å². The molecule has 0 unspecified atom stereocenters. The van der Waals surface area contributed by atoms with E-state index < -0.39 is 0 Å². The van der Waals surface area contributed by atoms with Gasteiger partial charge in [-0.2, -0.15) is 0 Å². The van der Waals surface area contributed by atoms with Crippen LogP contribution in [0.1, 0.15) is 0 Å². The Labute approximate surface area is 43.4 Å². The van der Waals surface area contributed by atoms with E-state index in [-0.39, 0.29) is 27.7 Å². The fourth-order valence-corrected chi connectivity index (χ4v) is 0. The molecular formula is HgNO2. The molecule has 0 rings (SSSR count). The third-order valence-corrected chi connectivity index (χ3v) is 0. The minimum Gasteiger partial charge on any atom is -0.444 e. The summed E-state index contributed by atoms with van der Waals surface area (Å²) in [6, 6.07) is 0.